The van der Waals surface area contributed by atoms with Crippen LogP contribution in [0.2, 0.25) is 5.02 Å². The lowest BCUT2D eigenvalue weighted by Gasteiger charge is -2.24. The van der Waals surface area contributed by atoms with E-state index in [-0.39, 0.29) is 0 Å². The Hall–Kier alpha value is -0.950. The van der Waals surface area contributed by atoms with Crippen LogP contribution >= 0.6 is 11.6 Å². The molecule has 0 amide bonds. The van der Waals surface area contributed by atoms with Crippen LogP contribution in [-0.2, 0) is 0 Å². The Balaban J connectivity index is 2.09. The van der Waals surface area contributed by atoms with Crippen LogP contribution in [0.25, 0.3) is 10.9 Å². The number of hydrogen-bond donors (Lipinski definition) is 0. The SMILES string of the molecule is Clc1cccc2ccn(C3CCCCC3)c12. The summed E-state index contributed by atoms with van der Waals surface area (Å²) in [6.07, 6.45) is 8.91. The molecule has 0 unspecified atom stereocenters. The molecular formula is C14H16ClN. The second-order valence-corrected chi connectivity index (χ2v) is 5.10. The van der Waals surface area contributed by atoms with Crippen LogP contribution in [0, 0.1) is 0 Å². The zero-order chi connectivity index (χ0) is 11.0. The number of fused-ring (bicyclic) bond motifs is 1. The third kappa shape index (κ3) is 1.63. The molecule has 1 aliphatic carbocycles. The highest BCUT2D eigenvalue weighted by atomic mass is 35.5. The Morgan fingerprint density at radius 1 is 1.06 bits per heavy atom. The minimum atomic E-state index is 0.658. The fraction of sp³-hybridized carbons (Fsp3) is 0.429. The molecule has 16 heavy (non-hydrogen) atoms. The zero-order valence-corrected chi connectivity index (χ0v) is 10.1. The minimum absolute atomic E-state index is 0.658. The number of para-hydroxylation sites is 1. The van der Waals surface area contributed by atoms with E-state index >= 15 is 0 Å². The first-order valence-corrected chi connectivity index (χ1v) is 6.49. The van der Waals surface area contributed by atoms with Crippen LogP contribution in [0.15, 0.2) is 30.5 Å². The van der Waals surface area contributed by atoms with Crippen molar-refractivity contribution in [1.82, 2.24) is 4.57 Å². The molecule has 2 aromatic rings. The molecule has 1 aromatic carbocycles. The monoisotopic (exact) mass is 233 g/mol. The standard InChI is InChI=1S/C14H16ClN/c15-13-8-4-5-11-9-10-16(14(11)13)12-6-2-1-3-7-12/h4-5,8-10,12H,1-3,6-7H2. The topological polar surface area (TPSA) is 4.93 Å². The van der Waals surface area contributed by atoms with Crippen LogP contribution < -0.4 is 0 Å². The average molecular weight is 234 g/mol. The van der Waals surface area contributed by atoms with Gasteiger partial charge in [0, 0.05) is 17.6 Å². The number of halogens is 1. The van der Waals surface area contributed by atoms with E-state index in [2.05, 4.69) is 22.9 Å². The fourth-order valence-corrected chi connectivity index (χ4v) is 3.12. The van der Waals surface area contributed by atoms with Crippen molar-refractivity contribution in [2.75, 3.05) is 0 Å². The maximum absolute atomic E-state index is 6.30. The Morgan fingerprint density at radius 2 is 1.88 bits per heavy atom. The third-order valence-corrected chi connectivity index (χ3v) is 3.96. The van der Waals surface area contributed by atoms with E-state index in [0.29, 0.717) is 6.04 Å². The fourth-order valence-electron chi connectivity index (χ4n) is 2.84. The van der Waals surface area contributed by atoms with Crippen molar-refractivity contribution in [2.24, 2.45) is 0 Å². The molecule has 0 N–H and O–H groups in total. The molecular weight excluding hydrogens is 218 g/mol. The van der Waals surface area contributed by atoms with Crippen LogP contribution in [0.1, 0.15) is 38.1 Å². The molecule has 1 aliphatic rings. The van der Waals surface area contributed by atoms with E-state index in [4.69, 9.17) is 11.6 Å². The Bertz CT molecular complexity index is 494. The molecule has 1 nitrogen and oxygen atoms in total. The van der Waals surface area contributed by atoms with Crippen molar-refractivity contribution in [3.63, 3.8) is 0 Å². The Labute approximate surface area is 101 Å². The highest BCUT2D eigenvalue weighted by Gasteiger charge is 2.17. The summed E-state index contributed by atoms with van der Waals surface area (Å²) in [7, 11) is 0. The lowest BCUT2D eigenvalue weighted by Crippen LogP contribution is -2.11. The second kappa shape index (κ2) is 4.14. The normalized spacial score (nSPS) is 18.1. The van der Waals surface area contributed by atoms with Crippen molar-refractivity contribution in [3.05, 3.63) is 35.5 Å². The summed E-state index contributed by atoms with van der Waals surface area (Å²) in [4.78, 5) is 0. The number of rotatable bonds is 1. The maximum Gasteiger partial charge on any atom is 0.0672 e. The summed E-state index contributed by atoms with van der Waals surface area (Å²) in [5.74, 6) is 0. The van der Waals surface area contributed by atoms with Crippen molar-refractivity contribution in [1.29, 1.82) is 0 Å². The third-order valence-electron chi connectivity index (χ3n) is 3.66. The highest BCUT2D eigenvalue weighted by molar-refractivity contribution is 6.35. The van der Waals surface area contributed by atoms with Crippen LogP contribution in [-0.4, -0.2) is 4.57 Å². The van der Waals surface area contributed by atoms with E-state index in [1.807, 2.05) is 12.1 Å². The Kier molecular flexibility index (Phi) is 2.64. The first-order chi connectivity index (χ1) is 7.86. The molecule has 2 heteroatoms. The highest BCUT2D eigenvalue weighted by Crippen LogP contribution is 2.34. The van der Waals surface area contributed by atoms with E-state index in [1.54, 1.807) is 0 Å². The molecule has 3 rings (SSSR count). The number of aromatic nitrogens is 1. The largest absolute Gasteiger partial charge is 0.343 e. The lowest BCUT2D eigenvalue weighted by atomic mass is 9.95. The van der Waals surface area contributed by atoms with Gasteiger partial charge >= 0.3 is 0 Å². The molecule has 0 atom stereocenters. The minimum Gasteiger partial charge on any atom is -0.343 e. The van der Waals surface area contributed by atoms with Gasteiger partial charge in [-0.15, -0.1) is 0 Å². The summed E-state index contributed by atoms with van der Waals surface area (Å²) in [5.41, 5.74) is 1.22. The lowest BCUT2D eigenvalue weighted by molar-refractivity contribution is 0.361. The van der Waals surface area contributed by atoms with Gasteiger partial charge in [-0.1, -0.05) is 43.0 Å². The van der Waals surface area contributed by atoms with E-state index < -0.39 is 0 Å². The molecule has 84 valence electrons. The zero-order valence-electron chi connectivity index (χ0n) is 9.32. The van der Waals surface area contributed by atoms with Gasteiger partial charge in [-0.3, -0.25) is 0 Å². The van der Waals surface area contributed by atoms with Gasteiger partial charge in [-0.05, 0) is 25.0 Å². The molecule has 1 fully saturated rings. The molecule has 1 saturated carbocycles. The van der Waals surface area contributed by atoms with E-state index in [1.165, 1.54) is 43.0 Å². The van der Waals surface area contributed by atoms with Crippen molar-refractivity contribution < 1.29 is 0 Å². The van der Waals surface area contributed by atoms with Crippen LogP contribution in [0.4, 0.5) is 0 Å². The van der Waals surface area contributed by atoms with E-state index in [9.17, 15) is 0 Å². The first kappa shape index (κ1) is 10.2. The molecule has 0 spiro atoms. The average Bonchev–Trinajstić information content (AvgIpc) is 2.75. The molecule has 0 bridgehead atoms. The molecule has 1 heterocycles. The van der Waals surface area contributed by atoms with Gasteiger partial charge in [0.05, 0.1) is 10.5 Å². The predicted molar refractivity (Wildman–Crippen MR) is 69.1 cm³/mol. The molecule has 0 aliphatic heterocycles. The van der Waals surface area contributed by atoms with Crippen molar-refractivity contribution >= 4 is 22.5 Å². The maximum atomic E-state index is 6.30. The molecule has 1 aromatic heterocycles. The van der Waals surface area contributed by atoms with Gasteiger partial charge in [-0.25, -0.2) is 0 Å². The number of benzene rings is 1. The van der Waals surface area contributed by atoms with Gasteiger partial charge in [0.25, 0.3) is 0 Å². The summed E-state index contributed by atoms with van der Waals surface area (Å²) in [5, 5.41) is 2.14. The number of nitrogens with zero attached hydrogens (tertiary/aromatic N) is 1. The predicted octanol–water partition coefficient (Wildman–Crippen LogP) is 4.80. The van der Waals surface area contributed by atoms with Gasteiger partial charge in [0.15, 0.2) is 0 Å². The second-order valence-electron chi connectivity index (χ2n) is 4.69. The van der Waals surface area contributed by atoms with Crippen LogP contribution in [0.3, 0.4) is 0 Å². The quantitative estimate of drug-likeness (QED) is 0.667. The number of hydrogen-bond acceptors (Lipinski definition) is 0. The van der Waals surface area contributed by atoms with Crippen LogP contribution in [0.5, 0.6) is 0 Å². The molecule has 0 saturated heterocycles. The van der Waals surface area contributed by atoms with Crippen molar-refractivity contribution in [3.8, 4) is 0 Å². The first-order valence-electron chi connectivity index (χ1n) is 6.11. The van der Waals surface area contributed by atoms with Gasteiger partial charge in [0.1, 0.15) is 0 Å². The van der Waals surface area contributed by atoms with Gasteiger partial charge < -0.3 is 4.57 Å². The summed E-state index contributed by atoms with van der Waals surface area (Å²) in [6, 6.07) is 8.99. The summed E-state index contributed by atoms with van der Waals surface area (Å²) < 4.78 is 2.39. The summed E-state index contributed by atoms with van der Waals surface area (Å²) >= 11 is 6.30. The molecule has 0 radical (unpaired) electrons. The smallest absolute Gasteiger partial charge is 0.0672 e. The van der Waals surface area contributed by atoms with Crippen molar-refractivity contribution in [2.45, 2.75) is 38.1 Å². The van der Waals surface area contributed by atoms with E-state index in [0.717, 1.165) is 5.02 Å². The Morgan fingerprint density at radius 3 is 2.69 bits per heavy atom. The van der Waals surface area contributed by atoms with Gasteiger partial charge in [-0.2, -0.15) is 0 Å². The summed E-state index contributed by atoms with van der Waals surface area (Å²) in [6.45, 7) is 0. The van der Waals surface area contributed by atoms with Gasteiger partial charge in [0.2, 0.25) is 0 Å².